The van der Waals surface area contributed by atoms with Gasteiger partial charge in [0.15, 0.2) is 0 Å². The highest BCUT2D eigenvalue weighted by atomic mass is 16.1. The number of hydrogen-bond donors (Lipinski definition) is 1. The number of nitrogens with zero attached hydrogens (tertiary/aromatic N) is 6. The fourth-order valence-electron chi connectivity index (χ4n) is 4.47. The molecule has 1 fully saturated rings. The fourth-order valence-corrected chi connectivity index (χ4v) is 4.47. The summed E-state index contributed by atoms with van der Waals surface area (Å²) in [6.45, 7) is 8.29. The minimum atomic E-state index is -0.212. The van der Waals surface area contributed by atoms with Crippen LogP contribution in [0.4, 0.5) is 17.3 Å². The molecule has 0 amide bonds. The smallest absolute Gasteiger partial charge is 0.278 e. The van der Waals surface area contributed by atoms with E-state index < -0.39 is 0 Å². The summed E-state index contributed by atoms with van der Waals surface area (Å²) < 4.78 is 1.43. The molecule has 1 aliphatic heterocycles. The largest absolute Gasteiger partial charge is 0.369 e. The molecule has 184 valence electrons. The first-order valence-corrected chi connectivity index (χ1v) is 12.3. The summed E-state index contributed by atoms with van der Waals surface area (Å²) in [7, 11) is 2.16. The van der Waals surface area contributed by atoms with Crippen LogP contribution in [0.1, 0.15) is 11.3 Å². The van der Waals surface area contributed by atoms with Gasteiger partial charge in [-0.3, -0.25) is 4.79 Å². The summed E-state index contributed by atoms with van der Waals surface area (Å²) in [4.78, 5) is 26.9. The van der Waals surface area contributed by atoms with E-state index >= 15 is 0 Å². The van der Waals surface area contributed by atoms with Crippen LogP contribution in [0.3, 0.4) is 0 Å². The molecule has 2 aromatic heterocycles. The normalized spacial score (nSPS) is 14.2. The van der Waals surface area contributed by atoms with Gasteiger partial charge in [0.05, 0.1) is 17.6 Å². The lowest BCUT2D eigenvalue weighted by Crippen LogP contribution is -2.44. The van der Waals surface area contributed by atoms with Gasteiger partial charge in [-0.05, 0) is 49.7 Å². The van der Waals surface area contributed by atoms with Crippen molar-refractivity contribution >= 4 is 28.2 Å². The van der Waals surface area contributed by atoms with Gasteiger partial charge in [0.2, 0.25) is 5.95 Å². The zero-order valence-electron chi connectivity index (χ0n) is 20.6. The standard InChI is InChI=1S/C28H31N7O/c1-3-15-35-27(36)24-20-29-28(31-26(24)25(32-35)14-9-21-7-5-4-6-8-21)30-22-10-12-23(13-11-22)34-18-16-33(2)17-19-34/h3-8,10-13,20H,1,9,14-19H2,2H3,(H,29,30,31). The molecule has 0 bridgehead atoms. The highest BCUT2D eigenvalue weighted by Crippen LogP contribution is 2.22. The van der Waals surface area contributed by atoms with E-state index in [2.05, 4.69) is 63.1 Å². The quantitative estimate of drug-likeness (QED) is 0.385. The maximum absolute atomic E-state index is 13.0. The number of aryl methyl sites for hydroxylation is 2. The Morgan fingerprint density at radius 2 is 1.75 bits per heavy atom. The van der Waals surface area contributed by atoms with Gasteiger partial charge in [-0.25, -0.2) is 14.6 Å². The van der Waals surface area contributed by atoms with Crippen LogP contribution in [0.2, 0.25) is 0 Å². The molecule has 1 saturated heterocycles. The van der Waals surface area contributed by atoms with Crippen molar-refractivity contribution in [1.82, 2.24) is 24.6 Å². The first-order chi connectivity index (χ1) is 17.6. The summed E-state index contributed by atoms with van der Waals surface area (Å²) in [5.41, 5.74) is 4.46. The van der Waals surface area contributed by atoms with Crippen LogP contribution in [0.5, 0.6) is 0 Å². The first-order valence-electron chi connectivity index (χ1n) is 12.3. The number of rotatable bonds is 8. The number of hydrogen-bond acceptors (Lipinski definition) is 7. The Hall–Kier alpha value is -4.04. The SMILES string of the molecule is C=CCn1nc(CCc2ccccc2)c2nc(Nc3ccc(N4CCN(C)CC4)cc3)ncc2c1=O. The van der Waals surface area contributed by atoms with Crippen molar-refractivity contribution in [3.63, 3.8) is 0 Å². The average molecular weight is 482 g/mol. The second-order valence-corrected chi connectivity index (χ2v) is 9.13. The molecule has 5 rings (SSSR count). The number of fused-ring (bicyclic) bond motifs is 1. The van der Waals surface area contributed by atoms with E-state index in [9.17, 15) is 4.79 Å². The summed E-state index contributed by atoms with van der Waals surface area (Å²) in [5.74, 6) is 0.443. The molecule has 0 unspecified atom stereocenters. The van der Waals surface area contributed by atoms with Crippen molar-refractivity contribution in [2.24, 2.45) is 0 Å². The second-order valence-electron chi connectivity index (χ2n) is 9.13. The molecule has 1 aliphatic rings. The van der Waals surface area contributed by atoms with E-state index in [-0.39, 0.29) is 5.56 Å². The zero-order valence-corrected chi connectivity index (χ0v) is 20.6. The number of allylic oxidation sites excluding steroid dienone is 1. The maximum atomic E-state index is 13.0. The Morgan fingerprint density at radius 3 is 2.47 bits per heavy atom. The molecule has 36 heavy (non-hydrogen) atoms. The molecule has 8 nitrogen and oxygen atoms in total. The number of likely N-dealkylation sites (N-methyl/N-ethyl adjacent to an activating group) is 1. The topological polar surface area (TPSA) is 79.2 Å². The molecule has 2 aromatic carbocycles. The predicted octanol–water partition coefficient (Wildman–Crippen LogP) is 3.65. The van der Waals surface area contributed by atoms with E-state index in [0.717, 1.165) is 44.0 Å². The lowest BCUT2D eigenvalue weighted by molar-refractivity contribution is 0.313. The summed E-state index contributed by atoms with van der Waals surface area (Å²) in [5, 5.41) is 8.38. The number of benzene rings is 2. The molecule has 3 heterocycles. The van der Waals surface area contributed by atoms with Crippen molar-refractivity contribution in [3.05, 3.63) is 95.1 Å². The molecular formula is C28H31N7O. The second kappa shape index (κ2) is 10.7. The third kappa shape index (κ3) is 5.28. The Bertz CT molecular complexity index is 1390. The molecule has 0 aliphatic carbocycles. The Kier molecular flexibility index (Phi) is 7.04. The molecule has 0 spiro atoms. The molecule has 4 aromatic rings. The average Bonchev–Trinajstić information content (AvgIpc) is 2.91. The highest BCUT2D eigenvalue weighted by molar-refractivity contribution is 5.80. The van der Waals surface area contributed by atoms with Gasteiger partial charge in [0, 0.05) is 43.8 Å². The van der Waals surface area contributed by atoms with Crippen molar-refractivity contribution < 1.29 is 0 Å². The van der Waals surface area contributed by atoms with Crippen molar-refractivity contribution in [2.75, 3.05) is 43.4 Å². The van der Waals surface area contributed by atoms with E-state index in [1.807, 2.05) is 30.3 Å². The minimum Gasteiger partial charge on any atom is -0.369 e. The molecule has 8 heteroatoms. The predicted molar refractivity (Wildman–Crippen MR) is 145 cm³/mol. The molecule has 0 saturated carbocycles. The maximum Gasteiger partial charge on any atom is 0.278 e. The van der Waals surface area contributed by atoms with Crippen LogP contribution in [-0.2, 0) is 19.4 Å². The van der Waals surface area contributed by atoms with E-state index in [1.165, 1.54) is 15.9 Å². The van der Waals surface area contributed by atoms with Gasteiger partial charge >= 0.3 is 0 Å². The Labute approximate surface area is 210 Å². The third-order valence-electron chi connectivity index (χ3n) is 6.56. The summed E-state index contributed by atoms with van der Waals surface area (Å²) in [6.07, 6.45) is 4.73. The number of nitrogens with one attached hydrogen (secondary N) is 1. The third-order valence-corrected chi connectivity index (χ3v) is 6.56. The van der Waals surface area contributed by atoms with Crippen LogP contribution in [0.15, 0.2) is 78.2 Å². The van der Waals surface area contributed by atoms with Crippen LogP contribution in [0, 0.1) is 0 Å². The van der Waals surface area contributed by atoms with E-state index in [4.69, 9.17) is 4.98 Å². The number of aromatic nitrogens is 4. The zero-order chi connectivity index (χ0) is 24.9. The van der Waals surface area contributed by atoms with Crippen LogP contribution >= 0.6 is 0 Å². The highest BCUT2D eigenvalue weighted by Gasteiger charge is 2.15. The Balaban J connectivity index is 1.40. The monoisotopic (exact) mass is 481 g/mol. The summed E-state index contributed by atoms with van der Waals surface area (Å²) in [6, 6.07) is 18.6. The summed E-state index contributed by atoms with van der Waals surface area (Å²) >= 11 is 0. The van der Waals surface area contributed by atoms with Crippen LogP contribution in [0.25, 0.3) is 10.9 Å². The van der Waals surface area contributed by atoms with E-state index in [0.29, 0.717) is 29.8 Å². The van der Waals surface area contributed by atoms with Gasteiger partial charge in [-0.1, -0.05) is 36.4 Å². The lowest BCUT2D eigenvalue weighted by atomic mass is 10.1. The van der Waals surface area contributed by atoms with Crippen molar-refractivity contribution in [3.8, 4) is 0 Å². The fraction of sp³-hybridized carbons (Fsp3) is 0.286. The van der Waals surface area contributed by atoms with Gasteiger partial charge in [-0.15, -0.1) is 6.58 Å². The van der Waals surface area contributed by atoms with Gasteiger partial charge in [0.1, 0.15) is 5.52 Å². The lowest BCUT2D eigenvalue weighted by Gasteiger charge is -2.34. The van der Waals surface area contributed by atoms with Crippen molar-refractivity contribution in [1.29, 1.82) is 0 Å². The van der Waals surface area contributed by atoms with Gasteiger partial charge in [-0.2, -0.15) is 5.10 Å². The molecular weight excluding hydrogens is 450 g/mol. The van der Waals surface area contributed by atoms with Gasteiger partial charge in [0.25, 0.3) is 5.56 Å². The van der Waals surface area contributed by atoms with Gasteiger partial charge < -0.3 is 15.1 Å². The number of piperazine rings is 1. The minimum absolute atomic E-state index is 0.212. The van der Waals surface area contributed by atoms with Crippen molar-refractivity contribution in [2.45, 2.75) is 19.4 Å². The van der Waals surface area contributed by atoms with E-state index in [1.54, 1.807) is 12.3 Å². The number of anilines is 3. The van der Waals surface area contributed by atoms with Crippen LogP contribution in [-0.4, -0.2) is 57.9 Å². The molecule has 1 N–H and O–H groups in total. The van der Waals surface area contributed by atoms with Crippen LogP contribution < -0.4 is 15.8 Å². The molecule has 0 radical (unpaired) electrons. The Morgan fingerprint density at radius 1 is 1.00 bits per heavy atom. The first kappa shape index (κ1) is 23.7. The molecule has 0 atom stereocenters.